The van der Waals surface area contributed by atoms with Crippen LogP contribution in [0.1, 0.15) is 26.7 Å². The molecule has 18 heavy (non-hydrogen) atoms. The van der Waals surface area contributed by atoms with Gasteiger partial charge in [-0.15, -0.1) is 0 Å². The maximum Gasteiger partial charge on any atom is 0.313 e. The van der Waals surface area contributed by atoms with E-state index in [-0.39, 0.29) is 31.2 Å². The summed E-state index contributed by atoms with van der Waals surface area (Å²) in [7, 11) is 0. The molecule has 0 heterocycles. The number of hydrogen-bond donors (Lipinski definition) is 1. The number of carbonyl (C=O) groups is 3. The highest BCUT2D eigenvalue weighted by atomic mass is 16.5. The SMILES string of the molecule is CCOC(=O)CCN/C=C\C(=O)CC(=O)OCC. The highest BCUT2D eigenvalue weighted by molar-refractivity contribution is 6.01. The maximum atomic E-state index is 11.2. The Morgan fingerprint density at radius 3 is 2.28 bits per heavy atom. The molecule has 0 atom stereocenters. The zero-order valence-corrected chi connectivity index (χ0v) is 10.7. The number of hydrogen-bond acceptors (Lipinski definition) is 6. The molecule has 0 fully saturated rings. The summed E-state index contributed by atoms with van der Waals surface area (Å²) in [6.07, 6.45) is 2.59. The van der Waals surface area contributed by atoms with Crippen LogP contribution in [-0.4, -0.2) is 37.5 Å². The number of rotatable bonds is 9. The van der Waals surface area contributed by atoms with E-state index in [0.717, 1.165) is 0 Å². The van der Waals surface area contributed by atoms with Gasteiger partial charge in [0.25, 0.3) is 0 Å². The van der Waals surface area contributed by atoms with Crippen LogP contribution >= 0.6 is 0 Å². The van der Waals surface area contributed by atoms with Crippen LogP contribution in [0, 0.1) is 0 Å². The highest BCUT2D eigenvalue weighted by Crippen LogP contribution is 1.90. The van der Waals surface area contributed by atoms with E-state index in [1.165, 1.54) is 12.3 Å². The Kier molecular flexibility index (Phi) is 9.25. The number of esters is 2. The second-order valence-electron chi connectivity index (χ2n) is 3.29. The number of ketones is 1. The van der Waals surface area contributed by atoms with Crippen LogP contribution in [0.4, 0.5) is 0 Å². The topological polar surface area (TPSA) is 81.7 Å². The summed E-state index contributed by atoms with van der Waals surface area (Å²) < 4.78 is 9.34. The Hall–Kier alpha value is -1.85. The Balaban J connectivity index is 3.66. The fourth-order valence-corrected chi connectivity index (χ4v) is 1.06. The van der Waals surface area contributed by atoms with E-state index in [1.807, 2.05) is 0 Å². The lowest BCUT2D eigenvalue weighted by Crippen LogP contribution is -2.15. The Labute approximate surface area is 106 Å². The zero-order chi connectivity index (χ0) is 13.8. The standard InChI is InChI=1S/C12H19NO5/c1-3-17-11(15)6-8-13-7-5-10(14)9-12(16)18-4-2/h5,7,13H,3-4,6,8-9H2,1-2H3/b7-5-. The number of carbonyl (C=O) groups excluding carboxylic acids is 3. The Bertz CT molecular complexity index is 312. The average Bonchev–Trinajstić information content (AvgIpc) is 2.29. The maximum absolute atomic E-state index is 11.2. The normalized spacial score (nSPS) is 10.1. The molecule has 102 valence electrons. The third-order valence-electron chi connectivity index (χ3n) is 1.79. The van der Waals surface area contributed by atoms with E-state index in [2.05, 4.69) is 10.1 Å². The molecule has 0 amide bonds. The van der Waals surface area contributed by atoms with Crippen LogP contribution in [0.25, 0.3) is 0 Å². The van der Waals surface area contributed by atoms with Crippen LogP contribution in [0.5, 0.6) is 0 Å². The molecule has 0 aromatic rings. The molecule has 0 spiro atoms. The molecule has 0 aliphatic heterocycles. The Morgan fingerprint density at radius 2 is 1.67 bits per heavy atom. The summed E-state index contributed by atoms with van der Waals surface area (Å²) in [4.78, 5) is 33.1. The molecule has 0 radical (unpaired) electrons. The molecule has 0 unspecified atom stereocenters. The fraction of sp³-hybridized carbons (Fsp3) is 0.583. The van der Waals surface area contributed by atoms with Crippen LogP contribution in [0.2, 0.25) is 0 Å². The summed E-state index contributed by atoms with van der Waals surface area (Å²) in [5, 5.41) is 2.76. The third kappa shape index (κ3) is 9.38. The fourth-order valence-electron chi connectivity index (χ4n) is 1.06. The van der Waals surface area contributed by atoms with E-state index < -0.39 is 5.97 Å². The summed E-state index contributed by atoms with van der Waals surface area (Å²) in [5.74, 6) is -1.19. The van der Waals surface area contributed by atoms with Gasteiger partial charge in [-0.3, -0.25) is 14.4 Å². The van der Waals surface area contributed by atoms with E-state index >= 15 is 0 Å². The second kappa shape index (κ2) is 10.3. The van der Waals surface area contributed by atoms with Gasteiger partial charge in [0.2, 0.25) is 0 Å². The quantitative estimate of drug-likeness (QED) is 0.281. The first-order valence-electron chi connectivity index (χ1n) is 5.84. The largest absolute Gasteiger partial charge is 0.466 e. The van der Waals surface area contributed by atoms with Gasteiger partial charge in [0.15, 0.2) is 5.78 Å². The molecule has 6 nitrogen and oxygen atoms in total. The van der Waals surface area contributed by atoms with Gasteiger partial charge in [0, 0.05) is 6.54 Å². The van der Waals surface area contributed by atoms with Gasteiger partial charge in [-0.1, -0.05) is 0 Å². The molecule has 0 aliphatic rings. The van der Waals surface area contributed by atoms with Crippen molar-refractivity contribution in [2.75, 3.05) is 19.8 Å². The molecule has 0 aromatic carbocycles. The van der Waals surface area contributed by atoms with Gasteiger partial charge < -0.3 is 14.8 Å². The molecule has 0 aliphatic carbocycles. The average molecular weight is 257 g/mol. The molecule has 6 heteroatoms. The van der Waals surface area contributed by atoms with Crippen molar-refractivity contribution in [3.8, 4) is 0 Å². The monoisotopic (exact) mass is 257 g/mol. The van der Waals surface area contributed by atoms with Crippen molar-refractivity contribution in [1.82, 2.24) is 5.32 Å². The summed E-state index contributed by atoms with van der Waals surface area (Å²) in [5.41, 5.74) is 0. The van der Waals surface area contributed by atoms with Gasteiger partial charge in [0.1, 0.15) is 6.42 Å². The van der Waals surface area contributed by atoms with E-state index in [4.69, 9.17) is 4.74 Å². The smallest absolute Gasteiger partial charge is 0.313 e. The zero-order valence-electron chi connectivity index (χ0n) is 10.7. The highest BCUT2D eigenvalue weighted by Gasteiger charge is 2.06. The Morgan fingerprint density at radius 1 is 1.06 bits per heavy atom. The van der Waals surface area contributed by atoms with Crippen LogP contribution in [-0.2, 0) is 23.9 Å². The number of ether oxygens (including phenoxy) is 2. The number of nitrogens with one attached hydrogen (secondary N) is 1. The van der Waals surface area contributed by atoms with Gasteiger partial charge in [-0.05, 0) is 26.1 Å². The lowest BCUT2D eigenvalue weighted by atomic mass is 10.3. The summed E-state index contributed by atoms with van der Waals surface area (Å²) >= 11 is 0. The first kappa shape index (κ1) is 16.1. The molecule has 0 bridgehead atoms. The van der Waals surface area contributed by atoms with Gasteiger partial charge in [0.05, 0.1) is 19.6 Å². The van der Waals surface area contributed by atoms with Gasteiger partial charge >= 0.3 is 11.9 Å². The van der Waals surface area contributed by atoms with Crippen LogP contribution in [0.3, 0.4) is 0 Å². The van der Waals surface area contributed by atoms with Crippen LogP contribution in [0.15, 0.2) is 12.3 Å². The van der Waals surface area contributed by atoms with Crippen molar-refractivity contribution in [3.05, 3.63) is 12.3 Å². The van der Waals surface area contributed by atoms with Crippen molar-refractivity contribution >= 4 is 17.7 Å². The van der Waals surface area contributed by atoms with E-state index in [0.29, 0.717) is 13.2 Å². The molecular formula is C12H19NO5. The second-order valence-corrected chi connectivity index (χ2v) is 3.29. The predicted octanol–water partition coefficient (Wildman–Crippen LogP) is 0.565. The van der Waals surface area contributed by atoms with Crippen molar-refractivity contribution in [2.45, 2.75) is 26.7 Å². The first-order chi connectivity index (χ1) is 8.60. The number of allylic oxidation sites excluding steroid dienone is 1. The predicted molar refractivity (Wildman–Crippen MR) is 64.6 cm³/mol. The molecular weight excluding hydrogens is 238 g/mol. The third-order valence-corrected chi connectivity index (χ3v) is 1.79. The summed E-state index contributed by atoms with van der Waals surface area (Å²) in [6.45, 7) is 4.40. The lowest BCUT2D eigenvalue weighted by molar-refractivity contribution is -0.145. The van der Waals surface area contributed by atoms with E-state index in [1.54, 1.807) is 13.8 Å². The first-order valence-corrected chi connectivity index (χ1v) is 5.84. The molecule has 0 saturated carbocycles. The van der Waals surface area contributed by atoms with Crippen molar-refractivity contribution in [2.24, 2.45) is 0 Å². The molecule has 1 N–H and O–H groups in total. The minimum atomic E-state index is -0.543. The van der Waals surface area contributed by atoms with Gasteiger partial charge in [-0.25, -0.2) is 0 Å². The van der Waals surface area contributed by atoms with E-state index in [9.17, 15) is 14.4 Å². The minimum Gasteiger partial charge on any atom is -0.466 e. The van der Waals surface area contributed by atoms with Crippen molar-refractivity contribution < 1.29 is 23.9 Å². The minimum absolute atomic E-state index is 0.226. The molecule has 0 rings (SSSR count). The summed E-state index contributed by atoms with van der Waals surface area (Å²) in [6, 6.07) is 0. The lowest BCUT2D eigenvalue weighted by Gasteiger charge is -2.01. The van der Waals surface area contributed by atoms with Crippen molar-refractivity contribution in [1.29, 1.82) is 0 Å². The molecule has 0 saturated heterocycles. The molecule has 0 aromatic heterocycles. The van der Waals surface area contributed by atoms with Crippen molar-refractivity contribution in [3.63, 3.8) is 0 Å². The van der Waals surface area contributed by atoms with Gasteiger partial charge in [-0.2, -0.15) is 0 Å². The van der Waals surface area contributed by atoms with Crippen LogP contribution < -0.4 is 5.32 Å².